The largest absolute Gasteiger partial charge is 0.472 e. The summed E-state index contributed by atoms with van der Waals surface area (Å²) in [7, 11) is 1.57. The Morgan fingerprint density at radius 3 is 0.945 bits per heavy atom. The van der Waals surface area contributed by atoms with Crippen molar-refractivity contribution in [3.05, 3.63) is 146 Å². The molecule has 0 aromatic heterocycles. The van der Waals surface area contributed by atoms with Gasteiger partial charge in [-0.25, -0.2) is 4.57 Å². The van der Waals surface area contributed by atoms with E-state index in [1.165, 1.54) is 173 Å². The standard InChI is InChI=1S/C82H143N2O6P/c1-6-8-10-12-14-16-18-20-22-24-26-28-30-32-34-36-38-39-40-41-42-43-44-45-46-48-50-52-54-56-58-60-62-64-66-68-70-72-74-76-82(86)83-80(79-90-91(87,88)89-78-77-84(3,4)5)81(85)75-73-71-69-67-65-63-61-59-57-55-53-51-49-47-37-35-33-31-29-27-25-23-21-19-17-15-13-11-9-7-2/h8,10,14,16,20,22,26,28,32,34,38-39,41-42,44-45,48,50,54,56,60,62,66,68,80-81,85H,6-7,9,11-13,15,17-19,21,23-25,27,29-31,33,35-37,40,43,46-47,49,51-53,55,57-59,61,63-65,67,69-79H2,1-5H3,(H-,83,86,87,88)/p+1/b10-8-,16-14-,22-20-,28-26-,34-32-,39-38-,42-41-,45-44-,50-48-,56-54-,62-60-,68-66-. The molecule has 0 radical (unpaired) electrons. The molecular formula is C82H144N2O6P+. The predicted octanol–water partition coefficient (Wildman–Crippen LogP) is 24.7. The molecule has 3 unspecified atom stereocenters. The van der Waals surface area contributed by atoms with Gasteiger partial charge in [0.15, 0.2) is 0 Å². The summed E-state index contributed by atoms with van der Waals surface area (Å²) in [5, 5.41) is 14.1. The average Bonchev–Trinajstić information content (AvgIpc) is 3.58. The van der Waals surface area contributed by atoms with Crippen LogP contribution in [-0.4, -0.2) is 73.4 Å². The molecule has 1 amide bonds. The predicted molar refractivity (Wildman–Crippen MR) is 401 cm³/mol. The fraction of sp³-hybridized carbons (Fsp3) is 0.695. The molecule has 0 aromatic carbocycles. The molecule has 522 valence electrons. The van der Waals surface area contributed by atoms with Gasteiger partial charge in [-0.15, -0.1) is 0 Å². The van der Waals surface area contributed by atoms with Crippen LogP contribution in [-0.2, 0) is 18.4 Å². The van der Waals surface area contributed by atoms with Crippen molar-refractivity contribution in [2.75, 3.05) is 40.9 Å². The number of phosphoric ester groups is 1. The van der Waals surface area contributed by atoms with Crippen molar-refractivity contribution >= 4 is 13.7 Å². The number of unbranched alkanes of at least 4 members (excludes halogenated alkanes) is 31. The van der Waals surface area contributed by atoms with Crippen molar-refractivity contribution in [1.29, 1.82) is 0 Å². The number of aliphatic hydroxyl groups excluding tert-OH is 1. The number of hydrogen-bond donors (Lipinski definition) is 3. The monoisotopic (exact) mass is 1280 g/mol. The fourth-order valence-corrected chi connectivity index (χ4v) is 11.3. The molecular weight excluding hydrogens is 1140 g/mol. The highest BCUT2D eigenvalue weighted by atomic mass is 31.2. The zero-order valence-corrected chi connectivity index (χ0v) is 60.7. The van der Waals surface area contributed by atoms with Gasteiger partial charge in [0.05, 0.1) is 39.9 Å². The van der Waals surface area contributed by atoms with Crippen LogP contribution in [0.15, 0.2) is 146 Å². The summed E-state index contributed by atoms with van der Waals surface area (Å²) in [6.07, 6.45) is 108. The van der Waals surface area contributed by atoms with Gasteiger partial charge in [0, 0.05) is 6.42 Å². The fourth-order valence-electron chi connectivity index (χ4n) is 10.6. The topological polar surface area (TPSA) is 105 Å². The second-order valence-electron chi connectivity index (χ2n) is 26.3. The van der Waals surface area contributed by atoms with Crippen LogP contribution >= 0.6 is 7.82 Å². The van der Waals surface area contributed by atoms with Crippen LogP contribution in [0.25, 0.3) is 0 Å². The zero-order valence-electron chi connectivity index (χ0n) is 59.8. The first-order valence-electron chi connectivity index (χ1n) is 37.7. The smallest absolute Gasteiger partial charge is 0.391 e. The summed E-state index contributed by atoms with van der Waals surface area (Å²) in [5.41, 5.74) is 0. The normalized spacial score (nSPS) is 14.4. The summed E-state index contributed by atoms with van der Waals surface area (Å²) in [5.74, 6) is -0.188. The van der Waals surface area contributed by atoms with E-state index in [1.807, 2.05) is 21.1 Å². The molecule has 91 heavy (non-hydrogen) atoms. The third-order valence-corrected chi connectivity index (χ3v) is 17.3. The van der Waals surface area contributed by atoms with E-state index in [0.717, 1.165) is 109 Å². The molecule has 0 saturated heterocycles. The highest BCUT2D eigenvalue weighted by Gasteiger charge is 2.28. The molecule has 0 spiro atoms. The number of carbonyl (C=O) groups is 1. The lowest BCUT2D eigenvalue weighted by Crippen LogP contribution is -2.46. The van der Waals surface area contributed by atoms with E-state index < -0.39 is 20.0 Å². The van der Waals surface area contributed by atoms with Gasteiger partial charge < -0.3 is 19.8 Å². The number of nitrogens with one attached hydrogen (secondary N) is 1. The van der Waals surface area contributed by atoms with Gasteiger partial charge in [0.1, 0.15) is 13.2 Å². The van der Waals surface area contributed by atoms with E-state index in [4.69, 9.17) is 9.05 Å². The van der Waals surface area contributed by atoms with Gasteiger partial charge in [-0.05, 0) is 103 Å². The lowest BCUT2D eigenvalue weighted by Gasteiger charge is -2.26. The van der Waals surface area contributed by atoms with E-state index in [0.29, 0.717) is 30.3 Å². The minimum absolute atomic E-state index is 0.0589. The van der Waals surface area contributed by atoms with Crippen LogP contribution in [0.5, 0.6) is 0 Å². The Bertz CT molecular complexity index is 2000. The number of carbonyl (C=O) groups excluding carboxylic acids is 1. The Balaban J connectivity index is 4.16. The number of aliphatic hydroxyl groups is 1. The first-order valence-corrected chi connectivity index (χ1v) is 39.2. The second-order valence-corrected chi connectivity index (χ2v) is 27.8. The Hall–Kier alpha value is -3.62. The number of amides is 1. The van der Waals surface area contributed by atoms with E-state index >= 15 is 0 Å². The molecule has 8 nitrogen and oxygen atoms in total. The number of quaternary nitrogens is 1. The molecule has 0 saturated carbocycles. The highest BCUT2D eigenvalue weighted by molar-refractivity contribution is 7.47. The molecule has 0 bridgehead atoms. The molecule has 0 aliphatic rings. The van der Waals surface area contributed by atoms with Crippen LogP contribution in [0.1, 0.15) is 316 Å². The maximum absolute atomic E-state index is 13.1. The Morgan fingerprint density at radius 2 is 0.659 bits per heavy atom. The van der Waals surface area contributed by atoms with E-state index in [-0.39, 0.29) is 19.1 Å². The lowest BCUT2D eigenvalue weighted by atomic mass is 10.0. The molecule has 0 aliphatic carbocycles. The van der Waals surface area contributed by atoms with Crippen molar-refractivity contribution in [1.82, 2.24) is 5.32 Å². The summed E-state index contributed by atoms with van der Waals surface area (Å²) >= 11 is 0. The number of nitrogens with zero attached hydrogens (tertiary/aromatic N) is 1. The van der Waals surface area contributed by atoms with Crippen LogP contribution in [0.2, 0.25) is 0 Å². The average molecular weight is 1290 g/mol. The van der Waals surface area contributed by atoms with Gasteiger partial charge in [-0.3, -0.25) is 13.8 Å². The number of hydrogen-bond acceptors (Lipinski definition) is 5. The number of allylic oxidation sites excluding steroid dienone is 24. The minimum Gasteiger partial charge on any atom is -0.391 e. The summed E-state index contributed by atoms with van der Waals surface area (Å²) in [6, 6.07) is -0.797. The molecule has 0 fully saturated rings. The van der Waals surface area contributed by atoms with E-state index in [2.05, 4.69) is 165 Å². The number of phosphoric acid groups is 1. The van der Waals surface area contributed by atoms with Crippen molar-refractivity contribution in [2.24, 2.45) is 0 Å². The molecule has 0 aliphatic heterocycles. The summed E-state index contributed by atoms with van der Waals surface area (Å²) in [6.45, 7) is 4.76. The molecule has 3 atom stereocenters. The van der Waals surface area contributed by atoms with Crippen LogP contribution < -0.4 is 5.32 Å². The minimum atomic E-state index is -4.36. The molecule has 9 heteroatoms. The second kappa shape index (κ2) is 70.7. The first-order chi connectivity index (χ1) is 44.5. The molecule has 0 rings (SSSR count). The lowest BCUT2D eigenvalue weighted by molar-refractivity contribution is -0.870. The van der Waals surface area contributed by atoms with Gasteiger partial charge in [0.2, 0.25) is 5.91 Å². The Labute approximate surface area is 563 Å². The summed E-state index contributed by atoms with van der Waals surface area (Å²) in [4.78, 5) is 23.5. The molecule has 3 N–H and O–H groups in total. The Morgan fingerprint density at radius 1 is 0.385 bits per heavy atom. The first kappa shape index (κ1) is 87.4. The van der Waals surface area contributed by atoms with Crippen molar-refractivity contribution in [3.8, 4) is 0 Å². The van der Waals surface area contributed by atoms with Gasteiger partial charge in [-0.2, -0.15) is 0 Å². The van der Waals surface area contributed by atoms with Gasteiger partial charge >= 0.3 is 7.82 Å². The van der Waals surface area contributed by atoms with Crippen molar-refractivity contribution in [3.63, 3.8) is 0 Å². The van der Waals surface area contributed by atoms with Crippen LogP contribution in [0.3, 0.4) is 0 Å². The third kappa shape index (κ3) is 73.7. The van der Waals surface area contributed by atoms with E-state index in [1.54, 1.807) is 0 Å². The summed E-state index contributed by atoms with van der Waals surface area (Å²) < 4.78 is 23.9. The maximum Gasteiger partial charge on any atom is 0.472 e. The Kier molecular flexibility index (Phi) is 67.9. The van der Waals surface area contributed by atoms with Crippen molar-refractivity contribution < 1.29 is 32.9 Å². The highest BCUT2D eigenvalue weighted by Crippen LogP contribution is 2.43. The van der Waals surface area contributed by atoms with Gasteiger partial charge in [-0.1, -0.05) is 352 Å². The number of rotatable bonds is 68. The van der Waals surface area contributed by atoms with Gasteiger partial charge in [0.25, 0.3) is 0 Å². The molecule has 0 aromatic rings. The quantitative estimate of drug-likeness (QED) is 0.0243. The SMILES string of the molecule is CC/C=C\C/C=C\C/C=C\C/C=C\C/C=C\C/C=C\C/C=C\C/C=C\C/C=C\C/C=C\C/C=C\C/C=C\CCCCC(=O)NC(COP(=O)(O)OCC[N+](C)(C)C)C(O)CCCCCCCCCCCCCCCCCCCCCCCCCCCCCCCC. The zero-order chi connectivity index (χ0) is 66.2. The van der Waals surface area contributed by atoms with E-state index in [9.17, 15) is 19.4 Å². The van der Waals surface area contributed by atoms with Crippen molar-refractivity contribution in [2.45, 2.75) is 328 Å². The maximum atomic E-state index is 13.1. The van der Waals surface area contributed by atoms with Crippen LogP contribution in [0, 0.1) is 0 Å². The third-order valence-electron chi connectivity index (χ3n) is 16.4. The molecule has 0 heterocycles. The van der Waals surface area contributed by atoms with Crippen LogP contribution in [0.4, 0.5) is 0 Å². The number of likely N-dealkylation sites (N-methyl/N-ethyl adjacent to an activating group) is 1.